The number of carbonyl (C=O) groups is 2. The smallest absolute Gasteiger partial charge is 0.263 e. The number of aromatic nitrogens is 2. The van der Waals surface area contributed by atoms with Gasteiger partial charge in [-0.1, -0.05) is 60.1 Å². The number of imide groups is 1. The Morgan fingerprint density at radius 1 is 1.06 bits per heavy atom. The van der Waals surface area contributed by atoms with E-state index in [1.54, 1.807) is 12.1 Å². The normalized spacial score (nSPS) is 20.0. The number of fused-ring (bicyclic) bond motifs is 1. The average molecular weight is 430 g/mol. The van der Waals surface area contributed by atoms with Crippen molar-refractivity contribution in [2.75, 3.05) is 4.90 Å². The lowest BCUT2D eigenvalue weighted by Crippen LogP contribution is -2.39. The van der Waals surface area contributed by atoms with Gasteiger partial charge in [0.25, 0.3) is 11.8 Å². The second-order valence-corrected chi connectivity index (χ2v) is 8.33. The van der Waals surface area contributed by atoms with Crippen molar-refractivity contribution in [3.63, 3.8) is 0 Å². The molecule has 9 heteroatoms. The van der Waals surface area contributed by atoms with Gasteiger partial charge in [0.15, 0.2) is 12.1 Å². The van der Waals surface area contributed by atoms with E-state index in [4.69, 9.17) is 4.52 Å². The summed E-state index contributed by atoms with van der Waals surface area (Å²) in [6.45, 7) is 6.25. The fourth-order valence-corrected chi connectivity index (χ4v) is 3.98. The van der Waals surface area contributed by atoms with Crippen LogP contribution in [-0.2, 0) is 16.1 Å². The van der Waals surface area contributed by atoms with Crippen LogP contribution in [0.4, 0.5) is 5.69 Å². The summed E-state index contributed by atoms with van der Waals surface area (Å²) < 4.78 is 5.36. The first kappa shape index (κ1) is 20.0. The Kier molecular flexibility index (Phi) is 4.80. The standard InChI is InChI=1S/C23H22N6O3/c1-13(2)15-7-9-17(10-8-15)29-22(30)19-20(23(29)31)28(27-25-19)12-18-24-21(26-32-18)16-6-4-5-14(3)11-16/h4-11,13,19-20H,12H2,1-3H3. The van der Waals surface area contributed by atoms with Crippen molar-refractivity contribution in [3.05, 3.63) is 65.5 Å². The van der Waals surface area contributed by atoms with Crippen LogP contribution < -0.4 is 4.90 Å². The van der Waals surface area contributed by atoms with Gasteiger partial charge in [-0.2, -0.15) is 10.1 Å². The molecule has 1 aromatic heterocycles. The third-order valence-corrected chi connectivity index (χ3v) is 5.72. The van der Waals surface area contributed by atoms with Crippen LogP contribution in [0.3, 0.4) is 0 Å². The predicted octanol–water partition coefficient (Wildman–Crippen LogP) is 3.66. The van der Waals surface area contributed by atoms with E-state index in [-0.39, 0.29) is 18.4 Å². The molecule has 2 aliphatic heterocycles. The monoisotopic (exact) mass is 430 g/mol. The van der Waals surface area contributed by atoms with Gasteiger partial charge in [0.05, 0.1) is 5.69 Å². The molecule has 0 aliphatic carbocycles. The molecule has 0 N–H and O–H groups in total. The molecule has 2 aromatic carbocycles. The van der Waals surface area contributed by atoms with Gasteiger partial charge >= 0.3 is 0 Å². The molecule has 1 fully saturated rings. The van der Waals surface area contributed by atoms with E-state index in [1.165, 1.54) is 9.91 Å². The van der Waals surface area contributed by atoms with E-state index in [0.717, 1.165) is 16.7 Å². The van der Waals surface area contributed by atoms with Crippen LogP contribution in [0.15, 0.2) is 63.4 Å². The number of anilines is 1. The number of hydrogen-bond acceptors (Lipinski definition) is 8. The van der Waals surface area contributed by atoms with Crippen LogP contribution in [-0.4, -0.2) is 39.0 Å². The quantitative estimate of drug-likeness (QED) is 0.572. The fraction of sp³-hybridized carbons (Fsp3) is 0.304. The van der Waals surface area contributed by atoms with Crippen molar-refractivity contribution < 1.29 is 14.1 Å². The van der Waals surface area contributed by atoms with Gasteiger partial charge in [-0.25, -0.2) is 4.90 Å². The molecule has 32 heavy (non-hydrogen) atoms. The molecule has 0 spiro atoms. The first-order valence-corrected chi connectivity index (χ1v) is 10.5. The molecule has 2 amide bonds. The lowest BCUT2D eigenvalue weighted by atomic mass is 10.0. The van der Waals surface area contributed by atoms with Crippen molar-refractivity contribution in [3.8, 4) is 11.4 Å². The SMILES string of the molecule is Cc1cccc(-c2noc(CN3N=NC4C(=O)N(c5ccc(C(C)C)cc5)C(=O)C43)n2)c1. The van der Waals surface area contributed by atoms with Crippen LogP contribution in [0, 0.1) is 6.92 Å². The highest BCUT2D eigenvalue weighted by Crippen LogP contribution is 2.33. The molecule has 9 nitrogen and oxygen atoms in total. The third kappa shape index (κ3) is 3.35. The maximum absolute atomic E-state index is 13.2. The van der Waals surface area contributed by atoms with Crippen LogP contribution in [0.1, 0.15) is 36.8 Å². The molecular weight excluding hydrogens is 408 g/mol. The molecule has 2 unspecified atom stereocenters. The van der Waals surface area contributed by atoms with Crippen molar-refractivity contribution in [2.45, 2.75) is 45.3 Å². The van der Waals surface area contributed by atoms with Gasteiger partial charge in [0.1, 0.15) is 6.54 Å². The Labute approximate surface area is 184 Å². The Balaban J connectivity index is 1.35. The Morgan fingerprint density at radius 2 is 1.84 bits per heavy atom. The summed E-state index contributed by atoms with van der Waals surface area (Å²) in [5.74, 6) is 0.366. The molecule has 0 radical (unpaired) electrons. The van der Waals surface area contributed by atoms with Crippen molar-refractivity contribution in [2.24, 2.45) is 10.3 Å². The summed E-state index contributed by atoms with van der Waals surface area (Å²) in [4.78, 5) is 31.7. The lowest BCUT2D eigenvalue weighted by Gasteiger charge is -2.19. The fourth-order valence-electron chi connectivity index (χ4n) is 3.98. The topological polar surface area (TPSA) is 104 Å². The number of nitrogens with zero attached hydrogens (tertiary/aromatic N) is 6. The van der Waals surface area contributed by atoms with Crippen LogP contribution in [0.2, 0.25) is 0 Å². The molecular formula is C23H22N6O3. The van der Waals surface area contributed by atoms with E-state index in [9.17, 15) is 9.59 Å². The second-order valence-electron chi connectivity index (χ2n) is 8.33. The number of hydrogen-bond donors (Lipinski definition) is 0. The minimum atomic E-state index is -0.869. The van der Waals surface area contributed by atoms with E-state index in [1.807, 2.05) is 43.3 Å². The Bertz CT molecular complexity index is 1220. The largest absolute Gasteiger partial charge is 0.337 e. The number of amides is 2. The maximum Gasteiger partial charge on any atom is 0.263 e. The number of aryl methyl sites for hydroxylation is 1. The minimum absolute atomic E-state index is 0.0859. The number of benzene rings is 2. The Morgan fingerprint density at radius 3 is 2.56 bits per heavy atom. The van der Waals surface area contributed by atoms with Gasteiger partial charge in [0, 0.05) is 5.56 Å². The summed E-state index contributed by atoms with van der Waals surface area (Å²) in [5, 5.41) is 13.6. The molecule has 0 bridgehead atoms. The second kappa shape index (κ2) is 7.67. The van der Waals surface area contributed by atoms with Crippen LogP contribution >= 0.6 is 0 Å². The van der Waals surface area contributed by atoms with Crippen LogP contribution in [0.5, 0.6) is 0 Å². The maximum atomic E-state index is 13.2. The number of rotatable bonds is 5. The average Bonchev–Trinajstić information content (AvgIpc) is 3.47. The molecule has 2 aliphatic rings. The van der Waals surface area contributed by atoms with E-state index in [0.29, 0.717) is 23.3 Å². The van der Waals surface area contributed by atoms with Gasteiger partial charge in [-0.3, -0.25) is 14.6 Å². The highest BCUT2D eigenvalue weighted by Gasteiger charge is 2.55. The van der Waals surface area contributed by atoms with Gasteiger partial charge in [-0.05, 0) is 36.6 Å². The molecule has 3 aromatic rings. The Hall–Kier alpha value is -3.88. The van der Waals surface area contributed by atoms with Crippen molar-refractivity contribution in [1.82, 2.24) is 15.1 Å². The predicted molar refractivity (Wildman–Crippen MR) is 115 cm³/mol. The van der Waals surface area contributed by atoms with Crippen molar-refractivity contribution in [1.29, 1.82) is 0 Å². The number of carbonyl (C=O) groups excluding carboxylic acids is 2. The van der Waals surface area contributed by atoms with E-state index < -0.39 is 12.1 Å². The molecule has 1 saturated heterocycles. The molecule has 2 atom stereocenters. The lowest BCUT2D eigenvalue weighted by molar-refractivity contribution is -0.123. The van der Waals surface area contributed by atoms with Gasteiger partial charge in [-0.15, -0.1) is 0 Å². The molecule has 3 heterocycles. The zero-order chi connectivity index (χ0) is 22.4. The van der Waals surface area contributed by atoms with E-state index >= 15 is 0 Å². The summed E-state index contributed by atoms with van der Waals surface area (Å²) in [5.41, 5.74) is 3.59. The van der Waals surface area contributed by atoms with Crippen molar-refractivity contribution >= 4 is 17.5 Å². The highest BCUT2D eigenvalue weighted by molar-refractivity contribution is 6.25. The molecule has 5 rings (SSSR count). The summed E-state index contributed by atoms with van der Waals surface area (Å²) in [6, 6.07) is 13.5. The first-order valence-electron chi connectivity index (χ1n) is 10.5. The van der Waals surface area contributed by atoms with Crippen LogP contribution in [0.25, 0.3) is 11.4 Å². The first-order chi connectivity index (χ1) is 15.4. The van der Waals surface area contributed by atoms with Gasteiger partial charge in [0.2, 0.25) is 11.7 Å². The summed E-state index contributed by atoms with van der Waals surface area (Å²) >= 11 is 0. The van der Waals surface area contributed by atoms with Gasteiger partial charge < -0.3 is 4.52 Å². The third-order valence-electron chi connectivity index (χ3n) is 5.72. The summed E-state index contributed by atoms with van der Waals surface area (Å²) in [6.07, 6.45) is 0. The highest BCUT2D eigenvalue weighted by atomic mass is 16.5. The molecule has 0 saturated carbocycles. The molecule has 162 valence electrons. The zero-order valence-electron chi connectivity index (χ0n) is 18.0. The summed E-state index contributed by atoms with van der Waals surface area (Å²) in [7, 11) is 0. The van der Waals surface area contributed by atoms with E-state index in [2.05, 4.69) is 34.3 Å². The minimum Gasteiger partial charge on any atom is -0.337 e. The zero-order valence-corrected chi connectivity index (χ0v) is 18.0.